The van der Waals surface area contributed by atoms with Crippen molar-refractivity contribution in [2.75, 3.05) is 19.5 Å². The molecule has 1 aliphatic rings. The zero-order chi connectivity index (χ0) is 10.6. The van der Waals surface area contributed by atoms with Gasteiger partial charge in [-0.2, -0.15) is 0 Å². The second-order valence-corrected chi connectivity index (χ2v) is 3.23. The molecule has 0 aromatic rings. The number of carbonyl (C=O) groups is 2. The van der Waals surface area contributed by atoms with Crippen LogP contribution in [-0.4, -0.2) is 43.6 Å². The Balaban J connectivity index is 2.34. The fraction of sp³-hybridized carbons (Fsp3) is 0.750. The van der Waals surface area contributed by atoms with Crippen molar-refractivity contribution in [3.8, 4) is 0 Å². The van der Waals surface area contributed by atoms with E-state index < -0.39 is 5.97 Å². The molecule has 0 saturated carbocycles. The molecular weight excluding hydrogens is 210 g/mol. The maximum absolute atomic E-state index is 11.1. The number of nitrogens with one attached hydrogen (secondary N) is 1. The van der Waals surface area contributed by atoms with Gasteiger partial charge in [0.05, 0.1) is 7.11 Å². The van der Waals surface area contributed by atoms with Crippen molar-refractivity contribution in [3.63, 3.8) is 0 Å². The Hall–Kier alpha value is -0.810. The van der Waals surface area contributed by atoms with Crippen LogP contribution in [0.2, 0.25) is 0 Å². The van der Waals surface area contributed by atoms with Crippen molar-refractivity contribution in [3.05, 3.63) is 0 Å². The third-order valence-electron chi connectivity index (χ3n) is 1.98. The summed E-state index contributed by atoms with van der Waals surface area (Å²) in [6.07, 6.45) is 0.153. The number of alkyl halides is 1. The minimum Gasteiger partial charge on any atom is -0.468 e. The Morgan fingerprint density at radius 3 is 2.86 bits per heavy atom. The highest BCUT2D eigenvalue weighted by Gasteiger charge is 2.32. The van der Waals surface area contributed by atoms with Crippen LogP contribution < -0.4 is 5.32 Å². The van der Waals surface area contributed by atoms with Gasteiger partial charge in [-0.3, -0.25) is 9.59 Å². The van der Waals surface area contributed by atoms with Crippen LogP contribution >= 0.6 is 11.6 Å². The van der Waals surface area contributed by atoms with Crippen LogP contribution in [0.3, 0.4) is 0 Å². The van der Waals surface area contributed by atoms with E-state index in [2.05, 4.69) is 10.1 Å². The molecular formula is C8H12ClNO4. The summed E-state index contributed by atoms with van der Waals surface area (Å²) >= 11 is 5.27. The van der Waals surface area contributed by atoms with E-state index in [4.69, 9.17) is 16.3 Å². The zero-order valence-electron chi connectivity index (χ0n) is 7.79. The Morgan fingerprint density at radius 2 is 2.29 bits per heavy atom. The lowest BCUT2D eigenvalue weighted by molar-refractivity contribution is -0.147. The Labute approximate surface area is 86.7 Å². The molecule has 0 radical (unpaired) electrons. The highest BCUT2D eigenvalue weighted by molar-refractivity contribution is 6.26. The van der Waals surface area contributed by atoms with Crippen LogP contribution in [0.1, 0.15) is 6.42 Å². The molecule has 0 amide bonds. The van der Waals surface area contributed by atoms with E-state index in [1.54, 1.807) is 0 Å². The second kappa shape index (κ2) is 5.17. The van der Waals surface area contributed by atoms with Gasteiger partial charge in [0.1, 0.15) is 18.0 Å². The average molecular weight is 222 g/mol. The molecule has 80 valence electrons. The van der Waals surface area contributed by atoms with Gasteiger partial charge in [0.15, 0.2) is 0 Å². The molecule has 1 heterocycles. The van der Waals surface area contributed by atoms with E-state index in [9.17, 15) is 9.59 Å². The van der Waals surface area contributed by atoms with E-state index in [0.29, 0.717) is 13.0 Å². The maximum atomic E-state index is 11.1. The van der Waals surface area contributed by atoms with Crippen LogP contribution in [0.5, 0.6) is 0 Å². The Bertz CT molecular complexity index is 233. The minimum absolute atomic E-state index is 0.167. The zero-order valence-corrected chi connectivity index (χ0v) is 8.54. The first-order valence-electron chi connectivity index (χ1n) is 4.24. The number of hydrogen-bond donors (Lipinski definition) is 1. The molecule has 2 atom stereocenters. The van der Waals surface area contributed by atoms with E-state index in [0.717, 1.165) is 0 Å². The van der Waals surface area contributed by atoms with Crippen LogP contribution in [0.15, 0.2) is 0 Å². The molecule has 1 rings (SSSR count). The number of rotatable bonds is 3. The van der Waals surface area contributed by atoms with E-state index >= 15 is 0 Å². The van der Waals surface area contributed by atoms with Crippen molar-refractivity contribution >= 4 is 23.5 Å². The van der Waals surface area contributed by atoms with Crippen LogP contribution in [0.25, 0.3) is 0 Å². The largest absolute Gasteiger partial charge is 0.468 e. The number of ether oxygens (including phenoxy) is 2. The van der Waals surface area contributed by atoms with Gasteiger partial charge in [0.2, 0.25) is 0 Å². The summed E-state index contributed by atoms with van der Waals surface area (Å²) in [5.74, 6) is -0.974. The molecule has 6 heteroatoms. The van der Waals surface area contributed by atoms with Gasteiger partial charge >= 0.3 is 11.9 Å². The number of halogens is 1. The van der Waals surface area contributed by atoms with Crippen LogP contribution in [0, 0.1) is 0 Å². The summed E-state index contributed by atoms with van der Waals surface area (Å²) in [7, 11) is 1.32. The average Bonchev–Trinajstić information content (AvgIpc) is 2.65. The third-order valence-corrected chi connectivity index (χ3v) is 2.20. The molecule has 1 N–H and O–H groups in total. The third kappa shape index (κ3) is 2.85. The molecule has 5 nitrogen and oxygen atoms in total. The lowest BCUT2D eigenvalue weighted by Crippen LogP contribution is -2.31. The number of methoxy groups -OCH3 is 1. The number of hydrogen-bond acceptors (Lipinski definition) is 5. The summed E-state index contributed by atoms with van der Waals surface area (Å²) in [6, 6.07) is -0.381. The van der Waals surface area contributed by atoms with E-state index in [1.165, 1.54) is 7.11 Å². The molecule has 14 heavy (non-hydrogen) atoms. The normalized spacial score (nSPS) is 25.9. The summed E-state index contributed by atoms with van der Waals surface area (Å²) in [5, 5.41) is 2.89. The van der Waals surface area contributed by atoms with Crippen LogP contribution in [0.4, 0.5) is 0 Å². The SMILES string of the molecule is COC(=O)C1CC(OC(=O)CCl)CN1. The van der Waals surface area contributed by atoms with Crippen molar-refractivity contribution in [1.29, 1.82) is 0 Å². The van der Waals surface area contributed by atoms with Gasteiger partial charge in [0, 0.05) is 13.0 Å². The highest BCUT2D eigenvalue weighted by atomic mass is 35.5. The van der Waals surface area contributed by atoms with Gasteiger partial charge in [0.25, 0.3) is 0 Å². The van der Waals surface area contributed by atoms with Gasteiger partial charge in [-0.1, -0.05) is 0 Å². The molecule has 0 spiro atoms. The summed E-state index contributed by atoms with van der Waals surface area (Å²) < 4.78 is 9.49. The maximum Gasteiger partial charge on any atom is 0.323 e. The molecule has 2 unspecified atom stereocenters. The predicted octanol–water partition coefficient (Wildman–Crippen LogP) is -0.328. The number of esters is 2. The fourth-order valence-electron chi connectivity index (χ4n) is 1.33. The van der Waals surface area contributed by atoms with Crippen molar-refractivity contribution < 1.29 is 19.1 Å². The first-order chi connectivity index (χ1) is 6.67. The molecule has 0 aliphatic carbocycles. The highest BCUT2D eigenvalue weighted by Crippen LogP contribution is 2.11. The van der Waals surface area contributed by atoms with Crippen molar-refractivity contribution in [2.24, 2.45) is 0 Å². The number of carbonyl (C=O) groups excluding carboxylic acids is 2. The second-order valence-electron chi connectivity index (χ2n) is 2.97. The predicted molar refractivity (Wildman–Crippen MR) is 49.0 cm³/mol. The van der Waals surface area contributed by atoms with E-state index in [1.807, 2.05) is 0 Å². The fourth-order valence-corrected chi connectivity index (χ4v) is 1.40. The molecule has 1 aliphatic heterocycles. The smallest absolute Gasteiger partial charge is 0.323 e. The summed E-state index contributed by atoms with van der Waals surface area (Å²) in [4.78, 5) is 21.9. The van der Waals surface area contributed by atoms with Gasteiger partial charge in [-0.05, 0) is 0 Å². The summed E-state index contributed by atoms with van der Waals surface area (Å²) in [5.41, 5.74) is 0. The summed E-state index contributed by atoms with van der Waals surface area (Å²) in [6.45, 7) is 0.461. The quantitative estimate of drug-likeness (QED) is 0.522. The van der Waals surface area contributed by atoms with Crippen molar-refractivity contribution in [1.82, 2.24) is 5.32 Å². The first kappa shape index (κ1) is 11.3. The Kier molecular flexibility index (Phi) is 4.16. The monoisotopic (exact) mass is 221 g/mol. The molecule has 0 aromatic heterocycles. The molecule has 1 fully saturated rings. The lowest BCUT2D eigenvalue weighted by Gasteiger charge is -2.09. The standard InChI is InChI=1S/C8H12ClNO4/c1-13-8(12)6-2-5(4-10-6)14-7(11)3-9/h5-6,10H,2-4H2,1H3. The first-order valence-corrected chi connectivity index (χ1v) is 4.77. The molecule has 1 saturated heterocycles. The lowest BCUT2D eigenvalue weighted by atomic mass is 10.2. The topological polar surface area (TPSA) is 64.6 Å². The van der Waals surface area contributed by atoms with Gasteiger partial charge in [-0.15, -0.1) is 11.6 Å². The van der Waals surface area contributed by atoms with E-state index in [-0.39, 0.29) is 24.0 Å². The van der Waals surface area contributed by atoms with Gasteiger partial charge in [-0.25, -0.2) is 0 Å². The van der Waals surface area contributed by atoms with Gasteiger partial charge < -0.3 is 14.8 Å². The molecule has 0 bridgehead atoms. The Morgan fingerprint density at radius 1 is 1.57 bits per heavy atom. The van der Waals surface area contributed by atoms with Crippen LogP contribution in [-0.2, 0) is 19.1 Å². The van der Waals surface area contributed by atoms with Crippen molar-refractivity contribution in [2.45, 2.75) is 18.6 Å². The molecule has 0 aromatic carbocycles. The minimum atomic E-state index is -0.469.